The number of carbonyl (C=O) groups excluding carboxylic acids is 1. The molecule has 28 heavy (non-hydrogen) atoms. The Hall–Kier alpha value is -2.45. The van der Waals surface area contributed by atoms with Gasteiger partial charge in [-0.1, -0.05) is 18.9 Å². The molecule has 1 fully saturated rings. The van der Waals surface area contributed by atoms with Crippen molar-refractivity contribution in [2.24, 2.45) is 0 Å². The number of benzene rings is 1. The van der Waals surface area contributed by atoms with Crippen molar-refractivity contribution in [3.8, 4) is 5.88 Å². The molecular formula is C20H25N3O4S. The van der Waals surface area contributed by atoms with Gasteiger partial charge in [-0.05, 0) is 42.7 Å². The third kappa shape index (κ3) is 4.88. The Morgan fingerprint density at radius 2 is 1.75 bits per heavy atom. The molecule has 0 aliphatic carbocycles. The van der Waals surface area contributed by atoms with Crippen molar-refractivity contribution >= 4 is 15.9 Å². The maximum Gasteiger partial charge on any atom is 0.251 e. The summed E-state index contributed by atoms with van der Waals surface area (Å²) in [6.07, 6.45) is 5.54. The summed E-state index contributed by atoms with van der Waals surface area (Å²) < 4.78 is 32.1. The van der Waals surface area contributed by atoms with Crippen molar-refractivity contribution in [3.05, 3.63) is 53.7 Å². The fourth-order valence-corrected chi connectivity index (χ4v) is 4.65. The van der Waals surface area contributed by atoms with Gasteiger partial charge in [-0.15, -0.1) is 0 Å². The van der Waals surface area contributed by atoms with E-state index in [-0.39, 0.29) is 10.8 Å². The smallest absolute Gasteiger partial charge is 0.251 e. The first-order valence-corrected chi connectivity index (χ1v) is 10.8. The quantitative estimate of drug-likeness (QED) is 0.801. The minimum atomic E-state index is -3.51. The molecule has 1 aliphatic heterocycles. The molecule has 1 amide bonds. The van der Waals surface area contributed by atoms with Crippen LogP contribution in [-0.4, -0.2) is 43.8 Å². The normalized spacial score (nSPS) is 15.6. The summed E-state index contributed by atoms with van der Waals surface area (Å²) in [7, 11) is -1.97. The van der Waals surface area contributed by atoms with E-state index in [1.165, 1.54) is 12.1 Å². The number of amides is 1. The molecule has 7 nitrogen and oxygen atoms in total. The Labute approximate surface area is 165 Å². The van der Waals surface area contributed by atoms with Crippen LogP contribution in [0.4, 0.5) is 0 Å². The van der Waals surface area contributed by atoms with Crippen molar-refractivity contribution in [1.29, 1.82) is 0 Å². The molecule has 0 atom stereocenters. The van der Waals surface area contributed by atoms with Crippen molar-refractivity contribution < 1.29 is 17.9 Å². The van der Waals surface area contributed by atoms with Gasteiger partial charge in [-0.25, -0.2) is 13.4 Å². The molecule has 0 spiro atoms. The van der Waals surface area contributed by atoms with Crippen molar-refractivity contribution in [1.82, 2.24) is 14.6 Å². The zero-order valence-corrected chi connectivity index (χ0v) is 16.7. The zero-order valence-electron chi connectivity index (χ0n) is 15.9. The summed E-state index contributed by atoms with van der Waals surface area (Å²) >= 11 is 0. The number of nitrogens with zero attached hydrogens (tertiary/aromatic N) is 2. The molecule has 0 unspecified atom stereocenters. The largest absolute Gasteiger partial charge is 0.481 e. The minimum Gasteiger partial charge on any atom is -0.481 e. The first-order valence-electron chi connectivity index (χ1n) is 9.38. The number of methoxy groups -OCH3 is 1. The fraction of sp³-hybridized carbons (Fsp3) is 0.400. The first kappa shape index (κ1) is 20.3. The van der Waals surface area contributed by atoms with E-state index in [2.05, 4.69) is 10.3 Å². The van der Waals surface area contributed by atoms with Gasteiger partial charge in [0.2, 0.25) is 15.9 Å². The van der Waals surface area contributed by atoms with Gasteiger partial charge in [0.05, 0.1) is 12.0 Å². The van der Waals surface area contributed by atoms with Crippen LogP contribution in [-0.2, 0) is 16.6 Å². The lowest BCUT2D eigenvalue weighted by Gasteiger charge is -2.20. The standard InChI is InChI=1S/C20H25N3O4S/c1-27-19-11-6-16(14-21-19)15-22-20(24)17-7-9-18(10-8-17)28(25,26)23-12-4-2-3-5-13-23/h6-11,14H,2-5,12-13,15H2,1H3,(H,22,24). The van der Waals surface area contributed by atoms with Gasteiger partial charge in [0, 0.05) is 37.5 Å². The van der Waals surface area contributed by atoms with Crippen LogP contribution >= 0.6 is 0 Å². The molecule has 1 N–H and O–H groups in total. The second-order valence-corrected chi connectivity index (χ2v) is 8.67. The Morgan fingerprint density at radius 3 is 2.32 bits per heavy atom. The summed E-state index contributed by atoms with van der Waals surface area (Å²) in [4.78, 5) is 16.7. The maximum atomic E-state index is 12.8. The fourth-order valence-electron chi connectivity index (χ4n) is 3.13. The predicted octanol–water partition coefficient (Wildman–Crippen LogP) is 2.58. The van der Waals surface area contributed by atoms with Crippen LogP contribution in [0.5, 0.6) is 5.88 Å². The summed E-state index contributed by atoms with van der Waals surface area (Å²) in [5.74, 6) is 0.242. The van der Waals surface area contributed by atoms with Crippen molar-refractivity contribution in [2.75, 3.05) is 20.2 Å². The molecule has 3 rings (SSSR count). The molecule has 0 bridgehead atoms. The van der Waals surface area contributed by atoms with Crippen molar-refractivity contribution in [2.45, 2.75) is 37.1 Å². The average molecular weight is 404 g/mol. The number of ether oxygens (including phenoxy) is 1. The highest BCUT2D eigenvalue weighted by molar-refractivity contribution is 7.89. The number of aromatic nitrogens is 1. The molecular weight excluding hydrogens is 378 g/mol. The number of sulfonamides is 1. The highest BCUT2D eigenvalue weighted by atomic mass is 32.2. The number of pyridine rings is 1. The molecule has 0 saturated carbocycles. The predicted molar refractivity (Wildman–Crippen MR) is 106 cm³/mol. The van der Waals surface area contributed by atoms with Crippen LogP contribution in [0.15, 0.2) is 47.5 Å². The summed E-state index contributed by atoms with van der Waals surface area (Å²) in [5, 5.41) is 2.80. The summed E-state index contributed by atoms with van der Waals surface area (Å²) in [6.45, 7) is 1.44. The summed E-state index contributed by atoms with van der Waals surface area (Å²) in [5.41, 5.74) is 1.26. The molecule has 2 heterocycles. The molecule has 1 aromatic carbocycles. The van der Waals surface area contributed by atoms with Crippen LogP contribution < -0.4 is 10.1 Å². The second-order valence-electron chi connectivity index (χ2n) is 6.73. The van der Waals surface area contributed by atoms with E-state index in [0.29, 0.717) is 31.1 Å². The van der Waals surface area contributed by atoms with Gasteiger partial charge in [-0.2, -0.15) is 4.31 Å². The van der Waals surface area contributed by atoms with E-state index in [1.807, 2.05) is 6.07 Å². The molecule has 1 aliphatic rings. The lowest BCUT2D eigenvalue weighted by atomic mass is 10.2. The maximum absolute atomic E-state index is 12.8. The number of hydrogen-bond donors (Lipinski definition) is 1. The highest BCUT2D eigenvalue weighted by Crippen LogP contribution is 2.20. The lowest BCUT2D eigenvalue weighted by Crippen LogP contribution is -2.32. The Bertz CT molecular complexity index is 888. The van der Waals surface area contributed by atoms with Gasteiger partial charge >= 0.3 is 0 Å². The topological polar surface area (TPSA) is 88.6 Å². The second kappa shape index (κ2) is 9.16. The van der Waals surface area contributed by atoms with E-state index < -0.39 is 10.0 Å². The molecule has 150 valence electrons. The van der Waals surface area contributed by atoms with E-state index >= 15 is 0 Å². The van der Waals surface area contributed by atoms with Gasteiger partial charge in [-0.3, -0.25) is 4.79 Å². The van der Waals surface area contributed by atoms with Crippen LogP contribution in [0.2, 0.25) is 0 Å². The number of nitrogens with one attached hydrogen (secondary N) is 1. The zero-order chi connectivity index (χ0) is 20.0. The monoisotopic (exact) mass is 403 g/mol. The third-order valence-corrected chi connectivity index (χ3v) is 6.69. The number of rotatable bonds is 6. The van der Waals surface area contributed by atoms with E-state index in [9.17, 15) is 13.2 Å². The third-order valence-electron chi connectivity index (χ3n) is 4.78. The van der Waals surface area contributed by atoms with E-state index in [1.54, 1.807) is 35.8 Å². The Balaban J connectivity index is 1.63. The SMILES string of the molecule is COc1ccc(CNC(=O)c2ccc(S(=O)(=O)N3CCCCCC3)cc2)cn1. The first-order chi connectivity index (χ1) is 13.5. The molecule has 0 radical (unpaired) electrons. The van der Waals surface area contributed by atoms with Crippen LogP contribution in [0.1, 0.15) is 41.6 Å². The van der Waals surface area contributed by atoms with E-state index in [4.69, 9.17) is 4.74 Å². The number of carbonyl (C=O) groups is 1. The molecule has 1 aromatic heterocycles. The van der Waals surface area contributed by atoms with E-state index in [0.717, 1.165) is 31.2 Å². The van der Waals surface area contributed by atoms with Crippen molar-refractivity contribution in [3.63, 3.8) is 0 Å². The van der Waals surface area contributed by atoms with Gasteiger partial charge < -0.3 is 10.1 Å². The Kier molecular flexibility index (Phi) is 6.64. The van der Waals surface area contributed by atoms with Crippen LogP contribution in [0.3, 0.4) is 0 Å². The van der Waals surface area contributed by atoms with Crippen LogP contribution in [0.25, 0.3) is 0 Å². The minimum absolute atomic E-state index is 0.227. The van der Waals surface area contributed by atoms with Gasteiger partial charge in [0.15, 0.2) is 0 Å². The molecule has 8 heteroatoms. The number of hydrogen-bond acceptors (Lipinski definition) is 5. The average Bonchev–Trinajstić information content (AvgIpc) is 3.02. The molecule has 1 saturated heterocycles. The van der Waals surface area contributed by atoms with Gasteiger partial charge in [0.25, 0.3) is 5.91 Å². The van der Waals surface area contributed by atoms with Crippen LogP contribution in [0, 0.1) is 0 Å². The summed E-state index contributed by atoms with van der Waals surface area (Å²) in [6, 6.07) is 9.65. The van der Waals surface area contributed by atoms with Gasteiger partial charge in [0.1, 0.15) is 0 Å². The lowest BCUT2D eigenvalue weighted by molar-refractivity contribution is 0.0951. The highest BCUT2D eigenvalue weighted by Gasteiger charge is 2.25. The Morgan fingerprint density at radius 1 is 1.07 bits per heavy atom. The molecule has 2 aromatic rings.